The summed E-state index contributed by atoms with van der Waals surface area (Å²) >= 11 is 0. The summed E-state index contributed by atoms with van der Waals surface area (Å²) in [6, 6.07) is 8.07. The number of anilines is 1. The number of hydrogen-bond donors (Lipinski definition) is 0. The maximum atomic E-state index is 12.3. The zero-order valence-corrected chi connectivity index (χ0v) is 17.4. The molecule has 0 aromatic heterocycles. The topological polar surface area (TPSA) is 59.1 Å². The standard InChI is InChI=1S/C22H32N2O4/c1-22(2,3)28-21(26)23-13-11-19(12-14-23)24(15-16-5-6-16)18-9-7-17(8-10-18)20(25)27-4/h7-10,16,19H,5-6,11-15H2,1-4H3. The van der Waals surface area contributed by atoms with E-state index in [1.165, 1.54) is 20.0 Å². The first-order valence-electron chi connectivity index (χ1n) is 10.2. The number of ether oxygens (including phenoxy) is 2. The third kappa shape index (κ3) is 5.40. The number of benzene rings is 1. The van der Waals surface area contributed by atoms with Crippen LogP contribution >= 0.6 is 0 Å². The Labute approximate surface area is 167 Å². The maximum Gasteiger partial charge on any atom is 0.410 e. The van der Waals surface area contributed by atoms with Crippen LogP contribution in [0.5, 0.6) is 0 Å². The molecule has 1 amide bonds. The van der Waals surface area contributed by atoms with E-state index in [-0.39, 0.29) is 12.1 Å². The predicted molar refractivity (Wildman–Crippen MR) is 109 cm³/mol. The Kier molecular flexibility index (Phi) is 6.16. The molecule has 1 aliphatic carbocycles. The molecule has 2 aliphatic rings. The molecule has 1 aromatic rings. The van der Waals surface area contributed by atoms with Crippen molar-refractivity contribution < 1.29 is 19.1 Å². The van der Waals surface area contributed by atoms with E-state index in [0.29, 0.717) is 24.7 Å². The molecule has 0 N–H and O–H groups in total. The van der Waals surface area contributed by atoms with E-state index < -0.39 is 5.60 Å². The Morgan fingerprint density at radius 2 is 1.68 bits per heavy atom. The molecule has 1 aromatic carbocycles. The second-order valence-corrected chi connectivity index (χ2v) is 8.83. The highest BCUT2D eigenvalue weighted by Crippen LogP contribution is 2.34. The van der Waals surface area contributed by atoms with Gasteiger partial charge in [-0.05, 0) is 76.6 Å². The first kappa shape index (κ1) is 20.5. The van der Waals surface area contributed by atoms with Crippen molar-refractivity contribution in [3.05, 3.63) is 29.8 Å². The smallest absolute Gasteiger partial charge is 0.410 e. The van der Waals surface area contributed by atoms with E-state index in [1.54, 1.807) is 0 Å². The lowest BCUT2D eigenvalue weighted by Crippen LogP contribution is -2.48. The monoisotopic (exact) mass is 388 g/mol. The predicted octanol–water partition coefficient (Wildman–Crippen LogP) is 4.09. The second-order valence-electron chi connectivity index (χ2n) is 8.83. The van der Waals surface area contributed by atoms with E-state index >= 15 is 0 Å². The largest absolute Gasteiger partial charge is 0.465 e. The lowest BCUT2D eigenvalue weighted by atomic mass is 10.0. The van der Waals surface area contributed by atoms with Gasteiger partial charge in [-0.25, -0.2) is 9.59 Å². The highest BCUT2D eigenvalue weighted by molar-refractivity contribution is 5.89. The highest BCUT2D eigenvalue weighted by atomic mass is 16.6. The van der Waals surface area contributed by atoms with Crippen LogP contribution in [0, 0.1) is 5.92 Å². The fraction of sp³-hybridized carbons (Fsp3) is 0.636. The van der Waals surface area contributed by atoms with Gasteiger partial charge in [0.2, 0.25) is 0 Å². The number of amides is 1. The number of hydrogen-bond acceptors (Lipinski definition) is 5. The molecule has 0 radical (unpaired) electrons. The summed E-state index contributed by atoms with van der Waals surface area (Å²) in [6.45, 7) is 8.14. The van der Waals surface area contributed by atoms with Gasteiger partial charge in [0, 0.05) is 31.4 Å². The van der Waals surface area contributed by atoms with E-state index in [1.807, 2.05) is 49.9 Å². The quantitative estimate of drug-likeness (QED) is 0.711. The van der Waals surface area contributed by atoms with Gasteiger partial charge in [0.05, 0.1) is 12.7 Å². The van der Waals surface area contributed by atoms with Gasteiger partial charge in [0.25, 0.3) is 0 Å². The van der Waals surface area contributed by atoms with Crippen molar-refractivity contribution >= 4 is 17.7 Å². The summed E-state index contributed by atoms with van der Waals surface area (Å²) in [6.07, 6.45) is 4.19. The summed E-state index contributed by atoms with van der Waals surface area (Å²) < 4.78 is 10.3. The summed E-state index contributed by atoms with van der Waals surface area (Å²) in [4.78, 5) is 28.3. The zero-order valence-electron chi connectivity index (χ0n) is 17.4. The molecule has 6 nitrogen and oxygen atoms in total. The van der Waals surface area contributed by atoms with Gasteiger partial charge in [0.1, 0.15) is 5.60 Å². The van der Waals surface area contributed by atoms with Crippen molar-refractivity contribution in [2.24, 2.45) is 5.92 Å². The minimum atomic E-state index is -0.465. The fourth-order valence-corrected chi connectivity index (χ4v) is 3.64. The molecule has 0 unspecified atom stereocenters. The van der Waals surface area contributed by atoms with Crippen molar-refractivity contribution in [2.75, 3.05) is 31.6 Å². The second kappa shape index (κ2) is 8.41. The number of esters is 1. The summed E-state index contributed by atoms with van der Waals surface area (Å²) in [5, 5.41) is 0. The van der Waals surface area contributed by atoms with Crippen molar-refractivity contribution in [1.29, 1.82) is 0 Å². The maximum absolute atomic E-state index is 12.3. The number of likely N-dealkylation sites (tertiary alicyclic amines) is 1. The lowest BCUT2D eigenvalue weighted by Gasteiger charge is -2.40. The van der Waals surface area contributed by atoms with E-state index in [2.05, 4.69) is 4.90 Å². The van der Waals surface area contributed by atoms with E-state index in [9.17, 15) is 9.59 Å². The molecular formula is C22H32N2O4. The molecule has 1 heterocycles. The lowest BCUT2D eigenvalue weighted by molar-refractivity contribution is 0.0204. The van der Waals surface area contributed by atoms with Gasteiger partial charge in [0.15, 0.2) is 0 Å². The van der Waals surface area contributed by atoms with Gasteiger partial charge in [-0.1, -0.05) is 0 Å². The van der Waals surface area contributed by atoms with Crippen molar-refractivity contribution in [2.45, 2.75) is 58.1 Å². The zero-order chi connectivity index (χ0) is 20.3. The van der Waals surface area contributed by atoms with Crippen LogP contribution in [-0.4, -0.2) is 55.3 Å². The fourth-order valence-electron chi connectivity index (χ4n) is 3.64. The molecule has 6 heteroatoms. The molecule has 1 saturated carbocycles. The number of piperidine rings is 1. The molecule has 154 valence electrons. The molecule has 0 spiro atoms. The Morgan fingerprint density at radius 3 is 2.18 bits per heavy atom. The van der Waals surface area contributed by atoms with Gasteiger partial charge in [-0.15, -0.1) is 0 Å². The molecule has 0 bridgehead atoms. The summed E-state index contributed by atoms with van der Waals surface area (Å²) in [5.41, 5.74) is 1.24. The van der Waals surface area contributed by atoms with Crippen molar-refractivity contribution in [1.82, 2.24) is 4.90 Å². The summed E-state index contributed by atoms with van der Waals surface area (Å²) in [5.74, 6) is 0.440. The number of nitrogens with zero attached hydrogens (tertiary/aromatic N) is 2. The summed E-state index contributed by atoms with van der Waals surface area (Å²) in [7, 11) is 1.40. The molecule has 1 aliphatic heterocycles. The first-order chi connectivity index (χ1) is 13.3. The van der Waals surface area contributed by atoms with Gasteiger partial charge >= 0.3 is 12.1 Å². The van der Waals surface area contributed by atoms with Crippen LogP contribution in [0.2, 0.25) is 0 Å². The van der Waals surface area contributed by atoms with Gasteiger partial charge in [-0.3, -0.25) is 0 Å². The third-order valence-electron chi connectivity index (χ3n) is 5.33. The number of carbonyl (C=O) groups excluding carboxylic acids is 2. The Balaban J connectivity index is 1.65. The van der Waals surface area contributed by atoms with Crippen LogP contribution in [0.25, 0.3) is 0 Å². The third-order valence-corrected chi connectivity index (χ3v) is 5.33. The van der Waals surface area contributed by atoms with Crippen LogP contribution in [0.15, 0.2) is 24.3 Å². The van der Waals surface area contributed by atoms with Crippen molar-refractivity contribution in [3.8, 4) is 0 Å². The van der Waals surface area contributed by atoms with Crippen molar-refractivity contribution in [3.63, 3.8) is 0 Å². The van der Waals surface area contributed by atoms with Crippen LogP contribution in [0.4, 0.5) is 10.5 Å². The molecular weight excluding hydrogens is 356 g/mol. The van der Waals surface area contributed by atoms with Gasteiger partial charge in [-0.2, -0.15) is 0 Å². The van der Waals surface area contributed by atoms with Crippen LogP contribution in [-0.2, 0) is 9.47 Å². The van der Waals surface area contributed by atoms with Gasteiger partial charge < -0.3 is 19.3 Å². The highest BCUT2D eigenvalue weighted by Gasteiger charge is 2.32. The Hall–Kier alpha value is -2.24. The number of methoxy groups -OCH3 is 1. The Bertz CT molecular complexity index is 683. The minimum absolute atomic E-state index is 0.220. The first-order valence-corrected chi connectivity index (χ1v) is 10.2. The van der Waals surface area contributed by atoms with Crippen LogP contribution < -0.4 is 4.90 Å². The van der Waals surface area contributed by atoms with E-state index in [0.717, 1.165) is 31.0 Å². The Morgan fingerprint density at radius 1 is 1.07 bits per heavy atom. The van der Waals surface area contributed by atoms with E-state index in [4.69, 9.17) is 9.47 Å². The normalized spacial score (nSPS) is 17.9. The molecule has 2 fully saturated rings. The van der Waals surface area contributed by atoms with Crippen LogP contribution in [0.1, 0.15) is 56.8 Å². The molecule has 0 atom stereocenters. The molecule has 28 heavy (non-hydrogen) atoms. The average molecular weight is 389 g/mol. The number of carbonyl (C=O) groups is 2. The van der Waals surface area contributed by atoms with Crippen LogP contribution in [0.3, 0.4) is 0 Å². The molecule has 1 saturated heterocycles. The number of rotatable bonds is 5. The average Bonchev–Trinajstić information content (AvgIpc) is 3.49. The SMILES string of the molecule is COC(=O)c1ccc(N(CC2CC2)C2CCN(C(=O)OC(C)(C)C)CC2)cc1. The minimum Gasteiger partial charge on any atom is -0.465 e. The molecule has 3 rings (SSSR count).